The molecule has 2 saturated heterocycles. The molecule has 2 aromatic carbocycles. The van der Waals surface area contributed by atoms with Crippen LogP contribution in [0, 0.1) is 5.92 Å². The maximum absolute atomic E-state index is 13.9. The summed E-state index contributed by atoms with van der Waals surface area (Å²) < 4.78 is 22.3. The van der Waals surface area contributed by atoms with Gasteiger partial charge < -0.3 is 34.7 Å². The summed E-state index contributed by atoms with van der Waals surface area (Å²) in [6.07, 6.45) is 2.55. The Labute approximate surface area is 234 Å². The molecule has 0 saturated carbocycles. The topological polar surface area (TPSA) is 124 Å². The predicted octanol–water partition coefficient (Wildman–Crippen LogP) is 3.33. The van der Waals surface area contributed by atoms with E-state index in [-0.39, 0.29) is 37.5 Å². The van der Waals surface area contributed by atoms with Gasteiger partial charge in [-0.25, -0.2) is 0 Å². The van der Waals surface area contributed by atoms with E-state index in [9.17, 15) is 14.7 Å². The van der Waals surface area contributed by atoms with Crippen LogP contribution in [0.1, 0.15) is 49.7 Å². The Bertz CT molecular complexity index is 1190. The summed E-state index contributed by atoms with van der Waals surface area (Å²) in [5, 5.41) is 10.5. The van der Waals surface area contributed by atoms with Crippen molar-refractivity contribution >= 4 is 17.6 Å². The van der Waals surface area contributed by atoms with E-state index in [2.05, 4.69) is 6.92 Å². The average molecular weight is 554 g/mol. The molecule has 3 N–H and O–H groups in total. The summed E-state index contributed by atoms with van der Waals surface area (Å²) in [6, 6.07) is 13.0. The highest BCUT2D eigenvalue weighted by Crippen LogP contribution is 2.43. The van der Waals surface area contributed by atoms with E-state index in [1.54, 1.807) is 0 Å². The first-order valence-corrected chi connectivity index (χ1v) is 14.2. The van der Waals surface area contributed by atoms with Crippen LogP contribution in [-0.4, -0.2) is 73.9 Å². The number of aliphatic carboxylic acids is 1. The van der Waals surface area contributed by atoms with Crippen LogP contribution >= 0.6 is 0 Å². The molecule has 3 aliphatic heterocycles. The summed E-state index contributed by atoms with van der Waals surface area (Å²) in [5.41, 5.74) is 8.51. The fourth-order valence-electron chi connectivity index (χ4n) is 6.04. The Morgan fingerprint density at radius 1 is 1.07 bits per heavy atom. The van der Waals surface area contributed by atoms with Gasteiger partial charge in [0.25, 0.3) is 0 Å². The number of carboxylic acids is 1. The van der Waals surface area contributed by atoms with Gasteiger partial charge in [-0.2, -0.15) is 0 Å². The summed E-state index contributed by atoms with van der Waals surface area (Å²) >= 11 is 0. The molecule has 0 aliphatic carbocycles. The van der Waals surface area contributed by atoms with E-state index in [0.717, 1.165) is 29.7 Å². The van der Waals surface area contributed by atoms with Crippen LogP contribution in [0.3, 0.4) is 0 Å². The fraction of sp³-hybridized carbons (Fsp3) is 0.533. The van der Waals surface area contributed by atoms with Crippen molar-refractivity contribution in [3.05, 3.63) is 53.6 Å². The van der Waals surface area contributed by atoms with Crippen molar-refractivity contribution in [2.45, 2.75) is 57.4 Å². The SMILES string of the molecule is CCCCN(C(=O)CN1C[C@H](c2ccc3c(c2)OCO3)[C@@H](C(=O)O)[C@@H]1CCC1OCCO1)c1cccc(CN)c1. The summed E-state index contributed by atoms with van der Waals surface area (Å²) in [4.78, 5) is 30.5. The molecule has 3 aliphatic rings. The molecule has 10 nitrogen and oxygen atoms in total. The maximum atomic E-state index is 13.9. The molecule has 0 aromatic heterocycles. The molecule has 1 amide bonds. The average Bonchev–Trinajstić information content (AvgIpc) is 3.72. The summed E-state index contributed by atoms with van der Waals surface area (Å²) in [7, 11) is 0. The van der Waals surface area contributed by atoms with Crippen molar-refractivity contribution < 1.29 is 33.6 Å². The number of carboxylic acid groups (broad SMARTS) is 1. The van der Waals surface area contributed by atoms with Crippen molar-refractivity contribution in [1.82, 2.24) is 4.90 Å². The van der Waals surface area contributed by atoms with E-state index in [1.165, 1.54) is 0 Å². The van der Waals surface area contributed by atoms with Crippen LogP contribution in [0.2, 0.25) is 0 Å². The number of amides is 1. The number of carbonyl (C=O) groups is 2. The highest BCUT2D eigenvalue weighted by atomic mass is 16.7. The molecule has 3 heterocycles. The second kappa shape index (κ2) is 13.0. The van der Waals surface area contributed by atoms with Gasteiger partial charge in [-0.05, 0) is 54.7 Å². The van der Waals surface area contributed by atoms with E-state index < -0.39 is 11.9 Å². The highest BCUT2D eigenvalue weighted by molar-refractivity contribution is 5.95. The van der Waals surface area contributed by atoms with Gasteiger partial charge >= 0.3 is 5.97 Å². The lowest BCUT2D eigenvalue weighted by Crippen LogP contribution is -2.44. The molecule has 0 bridgehead atoms. The van der Waals surface area contributed by atoms with Gasteiger partial charge in [0.2, 0.25) is 12.7 Å². The monoisotopic (exact) mass is 553 g/mol. The minimum absolute atomic E-state index is 0.0588. The first-order valence-electron chi connectivity index (χ1n) is 14.2. The number of nitrogens with zero attached hydrogens (tertiary/aromatic N) is 2. The molecule has 216 valence electrons. The second-order valence-electron chi connectivity index (χ2n) is 10.6. The number of anilines is 1. The number of carbonyl (C=O) groups excluding carboxylic acids is 1. The standard InChI is InChI=1S/C30H39N3O7/c1-2-3-11-33(22-6-4-5-20(14-22)16-31)27(34)18-32-17-23(21-7-9-25-26(15-21)40-19-39-25)29(30(35)36)24(32)8-10-28-37-12-13-38-28/h4-7,9,14-15,23-24,28-29H,2-3,8,10-13,16-19,31H2,1H3,(H,35,36)/t23-,24+,29-/m1/s1. The van der Waals surface area contributed by atoms with Gasteiger partial charge in [-0.1, -0.05) is 31.5 Å². The van der Waals surface area contributed by atoms with Crippen LogP contribution in [0.5, 0.6) is 11.5 Å². The van der Waals surface area contributed by atoms with Gasteiger partial charge in [0.05, 0.1) is 25.7 Å². The van der Waals surface area contributed by atoms with E-state index >= 15 is 0 Å². The normalized spacial score (nSPS) is 22.6. The molecule has 5 rings (SSSR count). The molecule has 0 radical (unpaired) electrons. The van der Waals surface area contributed by atoms with Gasteiger partial charge in [0.1, 0.15) is 0 Å². The third-order valence-corrected chi connectivity index (χ3v) is 8.08. The van der Waals surface area contributed by atoms with Gasteiger partial charge in [-0.15, -0.1) is 0 Å². The number of nitrogens with two attached hydrogens (primary N) is 1. The molecule has 2 aromatic rings. The van der Waals surface area contributed by atoms with E-state index in [1.807, 2.05) is 52.3 Å². The van der Waals surface area contributed by atoms with Crippen molar-refractivity contribution in [3.8, 4) is 11.5 Å². The Morgan fingerprint density at radius 3 is 2.62 bits per heavy atom. The lowest BCUT2D eigenvalue weighted by molar-refractivity contribution is -0.143. The Hall–Kier alpha value is -3.18. The quantitative estimate of drug-likeness (QED) is 0.407. The molecule has 2 fully saturated rings. The Kier molecular flexibility index (Phi) is 9.21. The van der Waals surface area contributed by atoms with Crippen LogP contribution in [0.15, 0.2) is 42.5 Å². The number of likely N-dealkylation sites (tertiary alicyclic amines) is 1. The fourth-order valence-corrected chi connectivity index (χ4v) is 6.04. The van der Waals surface area contributed by atoms with Crippen molar-refractivity contribution in [2.75, 3.05) is 44.5 Å². The second-order valence-corrected chi connectivity index (χ2v) is 10.6. The van der Waals surface area contributed by atoms with Crippen LogP contribution < -0.4 is 20.1 Å². The molecule has 10 heteroatoms. The first kappa shape index (κ1) is 28.4. The van der Waals surface area contributed by atoms with Crippen LogP contribution in [0.25, 0.3) is 0 Å². The summed E-state index contributed by atoms with van der Waals surface area (Å²) in [6.45, 7) is 4.83. The van der Waals surface area contributed by atoms with Crippen molar-refractivity contribution in [2.24, 2.45) is 11.7 Å². The number of benzene rings is 2. The zero-order chi connectivity index (χ0) is 28.1. The minimum Gasteiger partial charge on any atom is -0.481 e. The van der Waals surface area contributed by atoms with Crippen LogP contribution in [-0.2, 0) is 25.6 Å². The number of hydrogen-bond donors (Lipinski definition) is 2. The number of rotatable bonds is 12. The highest BCUT2D eigenvalue weighted by Gasteiger charge is 2.47. The molecule has 40 heavy (non-hydrogen) atoms. The van der Waals surface area contributed by atoms with Crippen molar-refractivity contribution in [1.29, 1.82) is 0 Å². The number of unbranched alkanes of at least 4 members (excludes halogenated alkanes) is 1. The predicted molar refractivity (Wildman–Crippen MR) is 148 cm³/mol. The smallest absolute Gasteiger partial charge is 0.308 e. The van der Waals surface area contributed by atoms with Gasteiger partial charge in [0.15, 0.2) is 17.8 Å². The largest absolute Gasteiger partial charge is 0.481 e. The summed E-state index contributed by atoms with van der Waals surface area (Å²) in [5.74, 6) is -0.699. The Balaban J connectivity index is 1.42. The molecular weight excluding hydrogens is 514 g/mol. The third-order valence-electron chi connectivity index (χ3n) is 8.08. The van der Waals surface area contributed by atoms with Crippen LogP contribution in [0.4, 0.5) is 5.69 Å². The molecule has 3 atom stereocenters. The minimum atomic E-state index is -0.880. The lowest BCUT2D eigenvalue weighted by atomic mass is 9.83. The third kappa shape index (κ3) is 6.25. The number of fused-ring (bicyclic) bond motifs is 1. The van der Waals surface area contributed by atoms with E-state index in [4.69, 9.17) is 24.7 Å². The molecule has 0 spiro atoms. The lowest BCUT2D eigenvalue weighted by Gasteiger charge is -2.30. The zero-order valence-electron chi connectivity index (χ0n) is 23.0. The zero-order valence-corrected chi connectivity index (χ0v) is 23.0. The van der Waals surface area contributed by atoms with E-state index in [0.29, 0.717) is 57.2 Å². The van der Waals surface area contributed by atoms with Gasteiger partial charge in [-0.3, -0.25) is 14.5 Å². The molecular formula is C30H39N3O7. The maximum Gasteiger partial charge on any atom is 0.308 e. The first-order chi connectivity index (χ1) is 19.5. The van der Waals surface area contributed by atoms with Crippen molar-refractivity contribution in [3.63, 3.8) is 0 Å². The molecule has 0 unspecified atom stereocenters. The number of hydrogen-bond acceptors (Lipinski definition) is 8. The Morgan fingerprint density at radius 2 is 1.88 bits per heavy atom. The van der Waals surface area contributed by atoms with Gasteiger partial charge in [0, 0.05) is 37.3 Å². The number of ether oxygens (including phenoxy) is 4.